The van der Waals surface area contributed by atoms with Crippen LogP contribution in [0.15, 0.2) is 50.2 Å². The van der Waals surface area contributed by atoms with Crippen molar-refractivity contribution in [1.82, 2.24) is 0 Å². The fraction of sp³-hybridized carbons (Fsp3) is 0.0714. The first kappa shape index (κ1) is 16.3. The van der Waals surface area contributed by atoms with Crippen LogP contribution in [-0.4, -0.2) is 15.3 Å². The van der Waals surface area contributed by atoms with Crippen LogP contribution in [-0.2, 0) is 16.6 Å². The van der Waals surface area contributed by atoms with Gasteiger partial charge in [-0.25, -0.2) is 9.18 Å². The summed E-state index contributed by atoms with van der Waals surface area (Å²) >= 11 is 6.45. The monoisotopic (exact) mass is 434 g/mol. The van der Waals surface area contributed by atoms with Gasteiger partial charge in [-0.2, -0.15) is 0 Å². The number of aromatic carboxylic acids is 1. The van der Waals surface area contributed by atoms with Gasteiger partial charge in [-0.15, -0.1) is 0 Å². The first-order valence-electron chi connectivity index (χ1n) is 5.73. The molecule has 21 heavy (non-hydrogen) atoms. The Morgan fingerprint density at radius 2 is 1.90 bits per heavy atom. The molecule has 110 valence electrons. The molecular formula is C14H9Br2FO3S. The number of rotatable bonds is 4. The van der Waals surface area contributed by atoms with E-state index < -0.39 is 22.6 Å². The predicted molar refractivity (Wildman–Crippen MR) is 85.3 cm³/mol. The molecule has 0 saturated heterocycles. The minimum atomic E-state index is -1.56. The van der Waals surface area contributed by atoms with E-state index >= 15 is 0 Å². The lowest BCUT2D eigenvalue weighted by atomic mass is 10.2. The third-order valence-electron chi connectivity index (χ3n) is 2.72. The summed E-state index contributed by atoms with van der Waals surface area (Å²) in [5, 5.41) is 9.15. The van der Waals surface area contributed by atoms with Crippen LogP contribution in [0.4, 0.5) is 4.39 Å². The molecule has 1 unspecified atom stereocenters. The molecule has 7 heteroatoms. The van der Waals surface area contributed by atoms with Crippen molar-refractivity contribution in [1.29, 1.82) is 0 Å². The second-order valence-electron chi connectivity index (χ2n) is 4.17. The molecule has 0 aliphatic carbocycles. The quantitative estimate of drug-likeness (QED) is 0.776. The number of carboxylic acids is 1. The van der Waals surface area contributed by atoms with Crippen molar-refractivity contribution in [3.05, 3.63) is 62.3 Å². The number of benzene rings is 2. The lowest BCUT2D eigenvalue weighted by Gasteiger charge is -2.08. The molecule has 0 radical (unpaired) electrons. The Hall–Kier alpha value is -1.05. The van der Waals surface area contributed by atoms with Crippen LogP contribution < -0.4 is 0 Å². The van der Waals surface area contributed by atoms with Gasteiger partial charge in [0, 0.05) is 8.95 Å². The zero-order valence-electron chi connectivity index (χ0n) is 10.5. The van der Waals surface area contributed by atoms with Crippen LogP contribution in [0.25, 0.3) is 0 Å². The minimum absolute atomic E-state index is 0.00484. The first-order chi connectivity index (χ1) is 9.88. The largest absolute Gasteiger partial charge is 0.478 e. The Bertz CT molecular complexity index is 734. The minimum Gasteiger partial charge on any atom is -0.478 e. The summed E-state index contributed by atoms with van der Waals surface area (Å²) in [6, 6.07) is 8.59. The number of hydrogen-bond acceptors (Lipinski definition) is 2. The van der Waals surface area contributed by atoms with Gasteiger partial charge in [0.15, 0.2) is 0 Å². The molecule has 0 bridgehead atoms. The van der Waals surface area contributed by atoms with E-state index in [1.807, 2.05) is 0 Å². The van der Waals surface area contributed by atoms with Crippen molar-refractivity contribution in [3.63, 3.8) is 0 Å². The smallest absolute Gasteiger partial charge is 0.336 e. The third kappa shape index (κ3) is 3.99. The highest BCUT2D eigenvalue weighted by Gasteiger charge is 2.17. The van der Waals surface area contributed by atoms with Crippen LogP contribution in [0, 0.1) is 5.82 Å². The summed E-state index contributed by atoms with van der Waals surface area (Å²) < 4.78 is 26.6. The lowest BCUT2D eigenvalue weighted by molar-refractivity contribution is 0.0693. The molecule has 2 aromatic rings. The van der Waals surface area contributed by atoms with Crippen LogP contribution in [0.1, 0.15) is 15.9 Å². The van der Waals surface area contributed by atoms with Crippen LogP contribution in [0.5, 0.6) is 0 Å². The Labute approximate surface area is 139 Å². The second kappa shape index (κ2) is 6.81. The topological polar surface area (TPSA) is 54.4 Å². The van der Waals surface area contributed by atoms with E-state index in [1.165, 1.54) is 30.3 Å². The zero-order valence-corrected chi connectivity index (χ0v) is 14.5. The number of carbonyl (C=O) groups is 1. The number of hydrogen-bond donors (Lipinski definition) is 1. The van der Waals surface area contributed by atoms with E-state index in [1.54, 1.807) is 6.07 Å². The fourth-order valence-electron chi connectivity index (χ4n) is 1.72. The highest BCUT2D eigenvalue weighted by Crippen LogP contribution is 2.25. The average Bonchev–Trinajstić information content (AvgIpc) is 2.41. The molecule has 0 heterocycles. The molecule has 0 saturated carbocycles. The molecule has 0 spiro atoms. The van der Waals surface area contributed by atoms with E-state index in [9.17, 15) is 13.4 Å². The van der Waals surface area contributed by atoms with E-state index in [4.69, 9.17) is 5.11 Å². The summed E-state index contributed by atoms with van der Waals surface area (Å²) in [6.45, 7) is 0. The van der Waals surface area contributed by atoms with Gasteiger partial charge in [-0.1, -0.05) is 37.9 Å². The molecule has 3 nitrogen and oxygen atoms in total. The predicted octanol–water partition coefficient (Wildman–Crippen LogP) is 4.36. The number of carboxylic acid groups (broad SMARTS) is 1. The average molecular weight is 436 g/mol. The van der Waals surface area contributed by atoms with Gasteiger partial charge in [0.2, 0.25) is 0 Å². The summed E-state index contributed by atoms with van der Waals surface area (Å²) in [5.41, 5.74) is 0.640. The van der Waals surface area contributed by atoms with Crippen molar-refractivity contribution in [2.75, 3.05) is 0 Å². The van der Waals surface area contributed by atoms with E-state index in [0.717, 1.165) is 0 Å². The van der Waals surface area contributed by atoms with Crippen LogP contribution >= 0.6 is 31.9 Å². The van der Waals surface area contributed by atoms with Crippen LogP contribution in [0.2, 0.25) is 0 Å². The van der Waals surface area contributed by atoms with Gasteiger partial charge in [0.05, 0.1) is 27.0 Å². The van der Waals surface area contributed by atoms with Gasteiger partial charge in [0.25, 0.3) is 0 Å². The van der Waals surface area contributed by atoms with Gasteiger partial charge < -0.3 is 5.11 Å². The second-order valence-corrected chi connectivity index (χ2v) is 7.36. The lowest BCUT2D eigenvalue weighted by Crippen LogP contribution is -2.06. The standard InChI is InChI=1S/C14H9Br2FO3S/c15-9-2-4-11(14(18)19)13(5-9)21(20)7-8-1-3-10(17)6-12(8)16/h1-6H,7H2,(H,18,19). The molecule has 0 aromatic heterocycles. The Morgan fingerprint density at radius 1 is 1.19 bits per heavy atom. The van der Waals surface area contributed by atoms with Crippen molar-refractivity contribution in [2.24, 2.45) is 0 Å². The molecular weight excluding hydrogens is 427 g/mol. The summed E-state index contributed by atoms with van der Waals surface area (Å²) in [7, 11) is -1.56. The maximum atomic E-state index is 13.0. The number of halogens is 3. The van der Waals surface area contributed by atoms with Crippen molar-refractivity contribution < 1.29 is 18.5 Å². The molecule has 0 aliphatic heterocycles. The van der Waals surface area contributed by atoms with E-state index in [2.05, 4.69) is 31.9 Å². The highest BCUT2D eigenvalue weighted by atomic mass is 79.9. The third-order valence-corrected chi connectivity index (χ3v) is 5.35. The van der Waals surface area contributed by atoms with Gasteiger partial charge in [-0.3, -0.25) is 4.21 Å². The van der Waals surface area contributed by atoms with Crippen molar-refractivity contribution in [2.45, 2.75) is 10.6 Å². The summed E-state index contributed by atoms with van der Waals surface area (Å²) in [4.78, 5) is 11.4. The maximum Gasteiger partial charge on any atom is 0.336 e. The molecule has 0 aliphatic rings. The molecule has 0 fully saturated rings. The first-order valence-corrected chi connectivity index (χ1v) is 8.64. The Balaban J connectivity index is 2.36. The van der Waals surface area contributed by atoms with Gasteiger partial charge in [-0.05, 0) is 35.9 Å². The van der Waals surface area contributed by atoms with Crippen molar-refractivity contribution in [3.8, 4) is 0 Å². The molecule has 1 N–H and O–H groups in total. The zero-order chi connectivity index (χ0) is 15.6. The Morgan fingerprint density at radius 3 is 2.52 bits per heavy atom. The molecule has 2 aromatic carbocycles. The van der Waals surface area contributed by atoms with Gasteiger partial charge in [0.1, 0.15) is 5.82 Å². The van der Waals surface area contributed by atoms with Crippen molar-refractivity contribution >= 4 is 48.6 Å². The van der Waals surface area contributed by atoms with E-state index in [0.29, 0.717) is 14.5 Å². The van der Waals surface area contributed by atoms with Crippen LogP contribution in [0.3, 0.4) is 0 Å². The Kier molecular flexibility index (Phi) is 5.29. The highest BCUT2D eigenvalue weighted by molar-refractivity contribution is 9.10. The van der Waals surface area contributed by atoms with Gasteiger partial charge >= 0.3 is 5.97 Å². The summed E-state index contributed by atoms with van der Waals surface area (Å²) in [5.74, 6) is -1.44. The molecule has 2 rings (SSSR count). The fourth-order valence-corrected chi connectivity index (χ4v) is 4.26. The maximum absolute atomic E-state index is 13.0. The summed E-state index contributed by atoms with van der Waals surface area (Å²) in [6.07, 6.45) is 0. The molecule has 0 amide bonds. The normalized spacial score (nSPS) is 12.1. The molecule has 1 atom stereocenters. The SMILES string of the molecule is O=C(O)c1ccc(Br)cc1S(=O)Cc1ccc(F)cc1Br. The van der Waals surface area contributed by atoms with E-state index in [-0.39, 0.29) is 16.2 Å².